The van der Waals surface area contributed by atoms with Gasteiger partial charge in [0.1, 0.15) is 0 Å². The summed E-state index contributed by atoms with van der Waals surface area (Å²) in [5.41, 5.74) is -0.351. The van der Waals surface area contributed by atoms with E-state index in [0.29, 0.717) is 11.9 Å². The van der Waals surface area contributed by atoms with Crippen molar-refractivity contribution >= 4 is 5.91 Å². The van der Waals surface area contributed by atoms with Crippen LogP contribution in [-0.2, 0) is 4.79 Å². The number of likely N-dealkylation sites (tertiary alicyclic amines) is 1. The minimum Gasteiger partial charge on any atom is -0.321 e. The molecule has 18 heavy (non-hydrogen) atoms. The molecule has 2 saturated heterocycles. The first-order valence-electron chi connectivity index (χ1n) is 7.30. The van der Waals surface area contributed by atoms with Crippen molar-refractivity contribution in [2.45, 2.75) is 64.2 Å². The van der Waals surface area contributed by atoms with E-state index >= 15 is 0 Å². The Hall–Kier alpha value is -0.610. The van der Waals surface area contributed by atoms with Crippen LogP contribution in [0.3, 0.4) is 0 Å². The molecule has 0 saturated carbocycles. The van der Waals surface area contributed by atoms with Crippen molar-refractivity contribution in [3.63, 3.8) is 0 Å². The van der Waals surface area contributed by atoms with Gasteiger partial charge < -0.3 is 9.80 Å². The lowest BCUT2D eigenvalue weighted by Gasteiger charge is -2.38. The number of amides is 1. The second-order valence-corrected chi connectivity index (χ2v) is 6.02. The van der Waals surface area contributed by atoms with Crippen molar-refractivity contribution in [1.29, 1.82) is 0 Å². The van der Waals surface area contributed by atoms with Crippen LogP contribution < -0.4 is 5.32 Å². The van der Waals surface area contributed by atoms with E-state index in [-0.39, 0.29) is 11.7 Å². The number of nitrogens with one attached hydrogen (secondary N) is 1. The quantitative estimate of drug-likeness (QED) is 0.826. The average Bonchev–Trinajstić information content (AvgIpc) is 2.62. The molecule has 0 aromatic carbocycles. The van der Waals surface area contributed by atoms with E-state index in [9.17, 15) is 4.79 Å². The average molecular weight is 253 g/mol. The first-order chi connectivity index (χ1) is 8.51. The molecule has 1 N–H and O–H groups in total. The highest BCUT2D eigenvalue weighted by Crippen LogP contribution is 2.29. The van der Waals surface area contributed by atoms with Crippen LogP contribution in [0.25, 0.3) is 0 Å². The van der Waals surface area contributed by atoms with Crippen LogP contribution in [0.4, 0.5) is 0 Å². The standard InChI is InChI=1S/C14H27N3O/c1-5-12-15-14(3,6-2)13(18)17(12)11-8-7-9-16(4)10-11/h11-12,15H,5-10H2,1-4H3. The van der Waals surface area contributed by atoms with Crippen LogP contribution in [0.5, 0.6) is 0 Å². The Labute approximate surface area is 111 Å². The summed E-state index contributed by atoms with van der Waals surface area (Å²) < 4.78 is 0. The van der Waals surface area contributed by atoms with Crippen molar-refractivity contribution in [2.24, 2.45) is 0 Å². The second kappa shape index (κ2) is 5.17. The molecule has 0 aromatic rings. The second-order valence-electron chi connectivity index (χ2n) is 6.02. The zero-order valence-electron chi connectivity index (χ0n) is 12.2. The predicted molar refractivity (Wildman–Crippen MR) is 73.3 cm³/mol. The number of likely N-dealkylation sites (N-methyl/N-ethyl adjacent to an activating group) is 1. The van der Waals surface area contributed by atoms with E-state index in [1.807, 2.05) is 6.92 Å². The molecule has 2 rings (SSSR count). The van der Waals surface area contributed by atoms with Crippen molar-refractivity contribution in [3.8, 4) is 0 Å². The zero-order chi connectivity index (χ0) is 13.3. The Kier molecular flexibility index (Phi) is 3.97. The van der Waals surface area contributed by atoms with Crippen LogP contribution in [0.1, 0.15) is 46.5 Å². The summed E-state index contributed by atoms with van der Waals surface area (Å²) in [6, 6.07) is 0.391. The van der Waals surface area contributed by atoms with E-state index < -0.39 is 0 Å². The number of nitrogens with zero attached hydrogens (tertiary/aromatic N) is 2. The van der Waals surface area contributed by atoms with E-state index in [0.717, 1.165) is 32.4 Å². The summed E-state index contributed by atoms with van der Waals surface area (Å²) in [4.78, 5) is 17.2. The monoisotopic (exact) mass is 253 g/mol. The minimum absolute atomic E-state index is 0.221. The smallest absolute Gasteiger partial charge is 0.244 e. The molecule has 0 radical (unpaired) electrons. The van der Waals surface area contributed by atoms with Gasteiger partial charge in [-0.2, -0.15) is 0 Å². The molecule has 2 fully saturated rings. The molecule has 4 nitrogen and oxygen atoms in total. The SMILES string of the molecule is CCC1NC(C)(CC)C(=O)N1C1CCCN(C)C1. The van der Waals surface area contributed by atoms with Crippen molar-refractivity contribution in [1.82, 2.24) is 15.1 Å². The van der Waals surface area contributed by atoms with Crippen LogP contribution in [-0.4, -0.2) is 53.6 Å². The highest BCUT2D eigenvalue weighted by molar-refractivity contribution is 5.88. The maximum absolute atomic E-state index is 12.7. The van der Waals surface area contributed by atoms with E-state index in [1.54, 1.807) is 0 Å². The molecule has 0 spiro atoms. The van der Waals surface area contributed by atoms with Gasteiger partial charge in [0.15, 0.2) is 0 Å². The topological polar surface area (TPSA) is 35.6 Å². The lowest BCUT2D eigenvalue weighted by atomic mass is 9.97. The number of hydrogen-bond acceptors (Lipinski definition) is 3. The molecule has 104 valence electrons. The third-order valence-electron chi connectivity index (χ3n) is 4.61. The van der Waals surface area contributed by atoms with Gasteiger partial charge >= 0.3 is 0 Å². The van der Waals surface area contributed by atoms with Crippen LogP contribution in [0, 0.1) is 0 Å². The molecule has 1 amide bonds. The molecule has 0 bridgehead atoms. The zero-order valence-corrected chi connectivity index (χ0v) is 12.2. The highest BCUT2D eigenvalue weighted by Gasteiger charge is 2.48. The van der Waals surface area contributed by atoms with Gasteiger partial charge in [-0.3, -0.25) is 10.1 Å². The Morgan fingerprint density at radius 2 is 2.17 bits per heavy atom. The fourth-order valence-electron chi connectivity index (χ4n) is 3.26. The van der Waals surface area contributed by atoms with Crippen LogP contribution >= 0.6 is 0 Å². The van der Waals surface area contributed by atoms with Gasteiger partial charge in [-0.05, 0) is 46.2 Å². The third kappa shape index (κ3) is 2.28. The fourth-order valence-corrected chi connectivity index (χ4v) is 3.26. The molecule has 0 aliphatic carbocycles. The van der Waals surface area contributed by atoms with Gasteiger partial charge in [0.2, 0.25) is 5.91 Å². The van der Waals surface area contributed by atoms with Gasteiger partial charge in [-0.1, -0.05) is 13.8 Å². The number of rotatable bonds is 3. The fraction of sp³-hybridized carbons (Fsp3) is 0.929. The molecule has 2 aliphatic rings. The molecule has 3 unspecified atom stereocenters. The predicted octanol–water partition coefficient (Wildman–Crippen LogP) is 1.42. The van der Waals surface area contributed by atoms with E-state index in [4.69, 9.17) is 0 Å². The normalized spacial score (nSPS) is 38.4. The van der Waals surface area contributed by atoms with Gasteiger partial charge in [0.05, 0.1) is 11.7 Å². The van der Waals surface area contributed by atoms with E-state index in [2.05, 4.69) is 36.0 Å². The molecular weight excluding hydrogens is 226 g/mol. The summed E-state index contributed by atoms with van der Waals surface area (Å²) in [7, 11) is 2.15. The largest absolute Gasteiger partial charge is 0.321 e. The lowest BCUT2D eigenvalue weighted by molar-refractivity contribution is -0.136. The summed E-state index contributed by atoms with van der Waals surface area (Å²) in [5.74, 6) is 0.303. The van der Waals surface area contributed by atoms with Crippen LogP contribution in [0.2, 0.25) is 0 Å². The van der Waals surface area contributed by atoms with Crippen molar-refractivity contribution in [3.05, 3.63) is 0 Å². The van der Waals surface area contributed by atoms with Crippen molar-refractivity contribution < 1.29 is 4.79 Å². The summed E-state index contributed by atoms with van der Waals surface area (Å²) in [6.07, 6.45) is 4.42. The maximum Gasteiger partial charge on any atom is 0.244 e. The molecule has 2 heterocycles. The Bertz CT molecular complexity index is 320. The summed E-state index contributed by atoms with van der Waals surface area (Å²) in [6.45, 7) is 8.47. The first kappa shape index (κ1) is 13.8. The summed E-state index contributed by atoms with van der Waals surface area (Å²) >= 11 is 0. The Morgan fingerprint density at radius 1 is 1.44 bits per heavy atom. The van der Waals surface area contributed by atoms with Gasteiger partial charge in [-0.25, -0.2) is 0 Å². The molecule has 0 aromatic heterocycles. The maximum atomic E-state index is 12.7. The lowest BCUT2D eigenvalue weighted by Crippen LogP contribution is -2.51. The Morgan fingerprint density at radius 3 is 2.72 bits per heavy atom. The number of carbonyl (C=O) groups is 1. The number of carbonyl (C=O) groups excluding carboxylic acids is 1. The summed E-state index contributed by atoms with van der Waals surface area (Å²) in [5, 5.41) is 3.54. The molecule has 2 aliphatic heterocycles. The number of hydrogen-bond donors (Lipinski definition) is 1. The third-order valence-corrected chi connectivity index (χ3v) is 4.61. The highest BCUT2D eigenvalue weighted by atomic mass is 16.2. The number of piperidine rings is 1. The van der Waals surface area contributed by atoms with Crippen LogP contribution in [0.15, 0.2) is 0 Å². The van der Waals surface area contributed by atoms with Crippen molar-refractivity contribution in [2.75, 3.05) is 20.1 Å². The van der Waals surface area contributed by atoms with E-state index in [1.165, 1.54) is 6.42 Å². The van der Waals surface area contributed by atoms with Gasteiger partial charge in [0.25, 0.3) is 0 Å². The molecule has 4 heteroatoms. The van der Waals surface area contributed by atoms with Gasteiger partial charge in [-0.15, -0.1) is 0 Å². The van der Waals surface area contributed by atoms with Gasteiger partial charge in [0, 0.05) is 12.6 Å². The Balaban J connectivity index is 2.17. The molecule has 3 atom stereocenters. The molecular formula is C14H27N3O. The minimum atomic E-state index is -0.351. The first-order valence-corrected chi connectivity index (χ1v) is 7.30.